The number of hydrogen-bond acceptors (Lipinski definition) is 3. The number of benzene rings is 2. The molecule has 1 atom stereocenters. The molecule has 130 valence electrons. The number of ether oxygens (including phenoxy) is 1. The van der Waals surface area contributed by atoms with Crippen LogP contribution in [0.3, 0.4) is 0 Å². The molecule has 3 rings (SSSR count). The monoisotopic (exact) mass is 337 g/mol. The van der Waals surface area contributed by atoms with Crippen molar-refractivity contribution in [1.82, 2.24) is 14.9 Å². The van der Waals surface area contributed by atoms with Gasteiger partial charge in [-0.1, -0.05) is 26.0 Å². The third-order valence-corrected chi connectivity index (χ3v) is 4.41. The van der Waals surface area contributed by atoms with Gasteiger partial charge >= 0.3 is 0 Å². The van der Waals surface area contributed by atoms with E-state index in [9.17, 15) is 4.79 Å². The number of imidazole rings is 1. The lowest BCUT2D eigenvalue weighted by Gasteiger charge is -2.22. The molecule has 3 aromatic rings. The van der Waals surface area contributed by atoms with E-state index in [0.29, 0.717) is 5.56 Å². The molecule has 0 saturated heterocycles. The van der Waals surface area contributed by atoms with Gasteiger partial charge in [-0.3, -0.25) is 4.79 Å². The van der Waals surface area contributed by atoms with E-state index in [1.807, 2.05) is 35.9 Å². The van der Waals surface area contributed by atoms with Crippen LogP contribution in [0.15, 0.2) is 48.5 Å². The summed E-state index contributed by atoms with van der Waals surface area (Å²) in [6.45, 7) is 4.16. The number of aryl methyl sites for hydroxylation is 1. The smallest absolute Gasteiger partial charge is 0.251 e. The first-order valence-electron chi connectivity index (χ1n) is 8.37. The van der Waals surface area contributed by atoms with Crippen LogP contribution in [-0.4, -0.2) is 22.6 Å². The van der Waals surface area contributed by atoms with Crippen molar-refractivity contribution in [2.45, 2.75) is 19.9 Å². The van der Waals surface area contributed by atoms with E-state index in [1.54, 1.807) is 31.4 Å². The summed E-state index contributed by atoms with van der Waals surface area (Å²) in [5, 5.41) is 3.13. The average Bonchev–Trinajstić information content (AvgIpc) is 2.96. The highest BCUT2D eigenvalue weighted by Crippen LogP contribution is 2.25. The lowest BCUT2D eigenvalue weighted by atomic mass is 10.0. The fourth-order valence-corrected chi connectivity index (χ4v) is 2.94. The van der Waals surface area contributed by atoms with Crippen LogP contribution >= 0.6 is 0 Å². The molecule has 5 heteroatoms. The molecule has 0 aliphatic carbocycles. The van der Waals surface area contributed by atoms with E-state index >= 15 is 0 Å². The molecule has 0 aliphatic heterocycles. The Balaban J connectivity index is 1.90. The summed E-state index contributed by atoms with van der Waals surface area (Å²) < 4.78 is 7.19. The molecular weight excluding hydrogens is 314 g/mol. The van der Waals surface area contributed by atoms with Crippen molar-refractivity contribution in [2.24, 2.45) is 13.0 Å². The average molecular weight is 337 g/mol. The second-order valence-electron chi connectivity index (χ2n) is 6.44. The zero-order valence-corrected chi connectivity index (χ0v) is 15.0. The molecule has 0 spiro atoms. The predicted molar refractivity (Wildman–Crippen MR) is 98.8 cm³/mol. The maximum atomic E-state index is 12.7. The quantitative estimate of drug-likeness (QED) is 0.772. The third-order valence-electron chi connectivity index (χ3n) is 4.41. The fraction of sp³-hybridized carbons (Fsp3) is 0.300. The van der Waals surface area contributed by atoms with Gasteiger partial charge in [0.05, 0.1) is 24.2 Å². The minimum atomic E-state index is -0.174. The van der Waals surface area contributed by atoms with Gasteiger partial charge in [-0.05, 0) is 42.3 Å². The van der Waals surface area contributed by atoms with Crippen molar-refractivity contribution < 1.29 is 9.53 Å². The molecule has 0 aliphatic rings. The molecule has 1 unspecified atom stereocenters. The number of rotatable bonds is 5. The summed E-state index contributed by atoms with van der Waals surface area (Å²) in [6.07, 6.45) is 0. The molecule has 5 nitrogen and oxygen atoms in total. The number of fused-ring (bicyclic) bond motifs is 1. The molecule has 1 heterocycles. The Hall–Kier alpha value is -2.82. The van der Waals surface area contributed by atoms with E-state index in [2.05, 4.69) is 19.2 Å². The lowest BCUT2D eigenvalue weighted by molar-refractivity contribution is 0.0922. The molecule has 0 saturated carbocycles. The van der Waals surface area contributed by atoms with Gasteiger partial charge in [0, 0.05) is 12.6 Å². The van der Waals surface area contributed by atoms with Gasteiger partial charge in [0.15, 0.2) is 0 Å². The summed E-state index contributed by atoms with van der Waals surface area (Å²) >= 11 is 0. The van der Waals surface area contributed by atoms with Crippen molar-refractivity contribution in [2.75, 3.05) is 7.11 Å². The van der Waals surface area contributed by atoms with E-state index in [1.165, 1.54) is 0 Å². The van der Waals surface area contributed by atoms with Gasteiger partial charge in [0.2, 0.25) is 0 Å². The number of aromatic nitrogens is 2. The minimum absolute atomic E-state index is 0.117. The molecule has 0 radical (unpaired) electrons. The highest BCUT2D eigenvalue weighted by Gasteiger charge is 2.24. The lowest BCUT2D eigenvalue weighted by Crippen LogP contribution is -2.33. The van der Waals surface area contributed by atoms with E-state index in [0.717, 1.165) is 22.6 Å². The summed E-state index contributed by atoms with van der Waals surface area (Å²) in [7, 11) is 3.59. The molecule has 25 heavy (non-hydrogen) atoms. The van der Waals surface area contributed by atoms with Gasteiger partial charge in [-0.2, -0.15) is 0 Å². The second-order valence-corrected chi connectivity index (χ2v) is 6.44. The molecule has 1 amide bonds. The van der Waals surface area contributed by atoms with Crippen LogP contribution in [0.25, 0.3) is 11.0 Å². The van der Waals surface area contributed by atoms with Crippen molar-refractivity contribution in [3.63, 3.8) is 0 Å². The van der Waals surface area contributed by atoms with Crippen LogP contribution < -0.4 is 10.1 Å². The van der Waals surface area contributed by atoms with Gasteiger partial charge in [0.1, 0.15) is 11.6 Å². The van der Waals surface area contributed by atoms with Crippen LogP contribution in [-0.2, 0) is 7.05 Å². The number of amides is 1. The number of para-hydroxylation sites is 2. The van der Waals surface area contributed by atoms with E-state index < -0.39 is 0 Å². The molecule has 0 bridgehead atoms. The van der Waals surface area contributed by atoms with Gasteiger partial charge in [-0.25, -0.2) is 4.98 Å². The second kappa shape index (κ2) is 6.97. The van der Waals surface area contributed by atoms with E-state index in [4.69, 9.17) is 9.72 Å². The molecular formula is C20H23N3O2. The number of carbonyl (C=O) groups is 1. The summed E-state index contributed by atoms with van der Waals surface area (Å²) in [6, 6.07) is 14.9. The summed E-state index contributed by atoms with van der Waals surface area (Å²) in [4.78, 5) is 17.4. The Kier molecular flexibility index (Phi) is 4.74. The number of nitrogens with zero attached hydrogens (tertiary/aromatic N) is 2. The number of methoxy groups -OCH3 is 1. The molecule has 2 aromatic carbocycles. The van der Waals surface area contributed by atoms with Crippen molar-refractivity contribution in [3.05, 3.63) is 59.9 Å². The molecule has 1 aromatic heterocycles. The van der Waals surface area contributed by atoms with Gasteiger partial charge in [0.25, 0.3) is 5.91 Å². The zero-order valence-electron chi connectivity index (χ0n) is 15.0. The van der Waals surface area contributed by atoms with E-state index in [-0.39, 0.29) is 17.9 Å². The standard InChI is InChI=1S/C20H23N3O2/c1-13(2)18(19-21-16-7-5-6-8-17(16)23(19)3)22-20(24)14-9-11-15(25-4)12-10-14/h5-13,18H,1-4H3,(H,22,24). The van der Waals surface area contributed by atoms with Gasteiger partial charge in [-0.15, -0.1) is 0 Å². The number of hydrogen-bond donors (Lipinski definition) is 1. The largest absolute Gasteiger partial charge is 0.497 e. The normalized spacial score (nSPS) is 12.4. The number of nitrogens with one attached hydrogen (secondary N) is 1. The maximum absolute atomic E-state index is 12.7. The number of carbonyl (C=O) groups excluding carboxylic acids is 1. The van der Waals surface area contributed by atoms with Crippen molar-refractivity contribution >= 4 is 16.9 Å². The van der Waals surface area contributed by atoms with Crippen LogP contribution in [0.1, 0.15) is 36.1 Å². The highest BCUT2D eigenvalue weighted by atomic mass is 16.5. The van der Waals surface area contributed by atoms with Crippen LogP contribution in [0.4, 0.5) is 0 Å². The molecule has 0 fully saturated rings. The Morgan fingerprint density at radius 2 is 1.80 bits per heavy atom. The van der Waals surface area contributed by atoms with Crippen LogP contribution in [0, 0.1) is 5.92 Å². The van der Waals surface area contributed by atoms with Crippen molar-refractivity contribution in [3.8, 4) is 5.75 Å². The molecule has 1 N–H and O–H groups in total. The van der Waals surface area contributed by atoms with Crippen LogP contribution in [0.5, 0.6) is 5.75 Å². The van der Waals surface area contributed by atoms with Crippen molar-refractivity contribution in [1.29, 1.82) is 0 Å². The first kappa shape index (κ1) is 17.0. The predicted octanol–water partition coefficient (Wildman–Crippen LogP) is 3.71. The van der Waals surface area contributed by atoms with Crippen LogP contribution in [0.2, 0.25) is 0 Å². The first-order chi connectivity index (χ1) is 12.0. The Bertz CT molecular complexity index is 882. The highest BCUT2D eigenvalue weighted by molar-refractivity contribution is 5.94. The maximum Gasteiger partial charge on any atom is 0.251 e. The Morgan fingerprint density at radius 3 is 2.40 bits per heavy atom. The Labute approximate surface area is 147 Å². The summed E-state index contributed by atoms with van der Waals surface area (Å²) in [5.74, 6) is 1.68. The summed E-state index contributed by atoms with van der Waals surface area (Å²) in [5.41, 5.74) is 2.59. The van der Waals surface area contributed by atoms with Gasteiger partial charge < -0.3 is 14.6 Å². The first-order valence-corrected chi connectivity index (χ1v) is 8.37. The fourth-order valence-electron chi connectivity index (χ4n) is 2.94. The zero-order chi connectivity index (χ0) is 18.0. The third kappa shape index (κ3) is 3.36. The topological polar surface area (TPSA) is 56.1 Å². The SMILES string of the molecule is COc1ccc(C(=O)NC(c2nc3ccccc3n2C)C(C)C)cc1. The Morgan fingerprint density at radius 1 is 1.12 bits per heavy atom. The minimum Gasteiger partial charge on any atom is -0.497 e.